The van der Waals surface area contributed by atoms with Crippen LogP contribution in [0.5, 0.6) is 5.88 Å². The van der Waals surface area contributed by atoms with Crippen molar-refractivity contribution in [3.63, 3.8) is 0 Å². The number of halogens is 2. The molecule has 5 nitrogen and oxygen atoms in total. The Kier molecular flexibility index (Phi) is 6.98. The van der Waals surface area contributed by atoms with Crippen LogP contribution in [-0.4, -0.2) is 41.0 Å². The van der Waals surface area contributed by atoms with Gasteiger partial charge >= 0.3 is 0 Å². The third-order valence-electron chi connectivity index (χ3n) is 5.45. The zero-order chi connectivity index (χ0) is 21.8. The van der Waals surface area contributed by atoms with Crippen molar-refractivity contribution in [1.82, 2.24) is 4.98 Å². The highest BCUT2D eigenvalue weighted by molar-refractivity contribution is 6.31. The molecular formula is C24H24Cl2N2O3. The summed E-state index contributed by atoms with van der Waals surface area (Å²) in [6.07, 6.45) is 2.20. The molecule has 0 amide bonds. The van der Waals surface area contributed by atoms with Gasteiger partial charge in [-0.2, -0.15) is 0 Å². The lowest BCUT2D eigenvalue weighted by molar-refractivity contribution is 0.216. The van der Waals surface area contributed by atoms with Crippen LogP contribution < -0.4 is 9.64 Å². The molecule has 0 aliphatic carbocycles. The fourth-order valence-electron chi connectivity index (χ4n) is 3.93. The van der Waals surface area contributed by atoms with Crippen molar-refractivity contribution >= 4 is 28.9 Å². The topological polar surface area (TPSA) is 65.8 Å². The van der Waals surface area contributed by atoms with E-state index < -0.39 is 6.10 Å². The van der Waals surface area contributed by atoms with E-state index in [-0.39, 0.29) is 12.7 Å². The highest BCUT2D eigenvalue weighted by Crippen LogP contribution is 2.32. The van der Waals surface area contributed by atoms with Gasteiger partial charge in [-0.15, -0.1) is 0 Å². The van der Waals surface area contributed by atoms with E-state index in [4.69, 9.17) is 27.9 Å². The summed E-state index contributed by atoms with van der Waals surface area (Å²) >= 11 is 12.2. The number of rotatable bonds is 7. The van der Waals surface area contributed by atoms with Gasteiger partial charge in [-0.3, -0.25) is 0 Å². The molecule has 0 saturated carbocycles. The maximum atomic E-state index is 10.8. The first-order valence-corrected chi connectivity index (χ1v) is 11.0. The third-order valence-corrected chi connectivity index (χ3v) is 5.98. The number of benzene rings is 2. The van der Waals surface area contributed by atoms with Crippen LogP contribution in [0.3, 0.4) is 0 Å². The number of pyridine rings is 1. The molecule has 0 spiro atoms. The van der Waals surface area contributed by atoms with E-state index in [1.807, 2.05) is 30.3 Å². The van der Waals surface area contributed by atoms with E-state index in [1.165, 1.54) is 0 Å². The van der Waals surface area contributed by atoms with Gasteiger partial charge in [-0.05, 0) is 53.4 Å². The second-order valence-corrected chi connectivity index (χ2v) is 8.43. The molecule has 0 bridgehead atoms. The van der Waals surface area contributed by atoms with Crippen LogP contribution in [0, 0.1) is 0 Å². The largest absolute Gasteiger partial charge is 0.471 e. The van der Waals surface area contributed by atoms with E-state index in [0.29, 0.717) is 28.9 Å². The van der Waals surface area contributed by atoms with E-state index >= 15 is 0 Å². The molecule has 1 unspecified atom stereocenters. The molecule has 162 valence electrons. The Bertz CT molecular complexity index is 1050. The first-order chi connectivity index (χ1) is 15.0. The van der Waals surface area contributed by atoms with Gasteiger partial charge in [-0.1, -0.05) is 47.5 Å². The summed E-state index contributed by atoms with van der Waals surface area (Å²) < 4.78 is 6.00. The number of hydrogen-bond donors (Lipinski definition) is 2. The van der Waals surface area contributed by atoms with Crippen LogP contribution >= 0.6 is 23.2 Å². The van der Waals surface area contributed by atoms with Crippen molar-refractivity contribution in [2.24, 2.45) is 0 Å². The molecule has 1 saturated heterocycles. The van der Waals surface area contributed by atoms with Crippen molar-refractivity contribution in [1.29, 1.82) is 0 Å². The van der Waals surface area contributed by atoms with Crippen LogP contribution in [-0.2, 0) is 6.42 Å². The Labute approximate surface area is 191 Å². The van der Waals surface area contributed by atoms with Gasteiger partial charge < -0.3 is 19.8 Å². The zero-order valence-corrected chi connectivity index (χ0v) is 18.4. The fourth-order valence-corrected chi connectivity index (χ4v) is 4.30. The summed E-state index contributed by atoms with van der Waals surface area (Å²) in [6.45, 7) is 1.55. The number of anilines is 1. The molecule has 2 heterocycles. The van der Waals surface area contributed by atoms with Gasteiger partial charge in [0.15, 0.2) is 0 Å². The van der Waals surface area contributed by atoms with Crippen LogP contribution in [0.1, 0.15) is 29.2 Å². The molecule has 1 fully saturated rings. The number of nitrogens with zero attached hydrogens (tertiary/aromatic N) is 2. The summed E-state index contributed by atoms with van der Waals surface area (Å²) in [6, 6.07) is 16.6. The average molecular weight is 459 g/mol. The minimum absolute atomic E-state index is 0.0221. The molecule has 1 aliphatic heterocycles. The first-order valence-electron chi connectivity index (χ1n) is 10.2. The van der Waals surface area contributed by atoms with Gasteiger partial charge in [0, 0.05) is 36.5 Å². The number of hydrogen-bond acceptors (Lipinski definition) is 5. The number of aliphatic hydroxyl groups is 2. The van der Waals surface area contributed by atoms with Crippen molar-refractivity contribution in [3.8, 4) is 5.88 Å². The SMILES string of the molecule is OCCc1cc(C(O)c2cccc(Cl)c2)ccc1N1CC[C@H](Oc2ncccc2Cl)C1. The van der Waals surface area contributed by atoms with Gasteiger partial charge in [0.25, 0.3) is 0 Å². The normalized spacial score (nSPS) is 17.0. The second kappa shape index (κ2) is 9.88. The van der Waals surface area contributed by atoms with E-state index in [9.17, 15) is 10.2 Å². The molecule has 2 N–H and O–H groups in total. The quantitative estimate of drug-likeness (QED) is 0.538. The Morgan fingerprint density at radius 3 is 2.71 bits per heavy atom. The highest BCUT2D eigenvalue weighted by Gasteiger charge is 2.27. The molecule has 7 heteroatoms. The molecular weight excluding hydrogens is 435 g/mol. The Morgan fingerprint density at radius 1 is 1.10 bits per heavy atom. The van der Waals surface area contributed by atoms with Crippen LogP contribution in [0.2, 0.25) is 10.0 Å². The zero-order valence-electron chi connectivity index (χ0n) is 16.9. The third kappa shape index (κ3) is 5.13. The summed E-state index contributed by atoms with van der Waals surface area (Å²) in [7, 11) is 0. The second-order valence-electron chi connectivity index (χ2n) is 7.58. The lowest BCUT2D eigenvalue weighted by atomic mass is 9.97. The molecule has 2 aromatic carbocycles. The number of aromatic nitrogens is 1. The fraction of sp³-hybridized carbons (Fsp3) is 0.292. The molecule has 2 atom stereocenters. The monoisotopic (exact) mass is 458 g/mol. The van der Waals surface area contributed by atoms with E-state index in [1.54, 1.807) is 30.5 Å². The molecule has 3 aromatic rings. The van der Waals surface area contributed by atoms with Gasteiger partial charge in [0.2, 0.25) is 5.88 Å². The Hall–Kier alpha value is -2.31. The Balaban J connectivity index is 1.52. The van der Waals surface area contributed by atoms with Crippen LogP contribution in [0.25, 0.3) is 0 Å². The molecule has 4 rings (SSSR count). The minimum Gasteiger partial charge on any atom is -0.471 e. The first kappa shape index (κ1) is 21.9. The maximum absolute atomic E-state index is 10.8. The molecule has 0 radical (unpaired) electrons. The van der Waals surface area contributed by atoms with Crippen LogP contribution in [0.15, 0.2) is 60.8 Å². The average Bonchev–Trinajstić information content (AvgIpc) is 3.23. The Morgan fingerprint density at radius 2 is 1.94 bits per heavy atom. The highest BCUT2D eigenvalue weighted by atomic mass is 35.5. The summed E-state index contributed by atoms with van der Waals surface area (Å²) in [5.74, 6) is 0.451. The summed E-state index contributed by atoms with van der Waals surface area (Å²) in [4.78, 5) is 6.45. The maximum Gasteiger partial charge on any atom is 0.232 e. The van der Waals surface area contributed by atoms with Crippen molar-refractivity contribution in [2.45, 2.75) is 25.0 Å². The van der Waals surface area contributed by atoms with E-state index in [2.05, 4.69) is 9.88 Å². The standard InChI is InChI=1S/C24H24Cl2N2O3/c25-19-4-1-3-17(14-19)23(30)18-6-7-22(16(13-18)9-12-29)28-11-8-20(15-28)31-24-21(26)5-2-10-27-24/h1-7,10,13-14,20,23,29-30H,8-9,11-12,15H2/t20-,23?/m0/s1. The van der Waals surface area contributed by atoms with Crippen LogP contribution in [0.4, 0.5) is 5.69 Å². The van der Waals surface area contributed by atoms with Crippen molar-refractivity contribution < 1.29 is 14.9 Å². The van der Waals surface area contributed by atoms with Gasteiger partial charge in [0.1, 0.15) is 17.2 Å². The van der Waals surface area contributed by atoms with Gasteiger partial charge in [-0.25, -0.2) is 4.98 Å². The minimum atomic E-state index is -0.786. The molecule has 1 aromatic heterocycles. The lowest BCUT2D eigenvalue weighted by Crippen LogP contribution is -2.26. The van der Waals surface area contributed by atoms with Crippen molar-refractivity contribution in [2.75, 3.05) is 24.6 Å². The smallest absolute Gasteiger partial charge is 0.232 e. The lowest BCUT2D eigenvalue weighted by Gasteiger charge is -2.24. The molecule has 1 aliphatic rings. The van der Waals surface area contributed by atoms with Gasteiger partial charge in [0.05, 0.1) is 6.54 Å². The molecule has 31 heavy (non-hydrogen) atoms. The number of aliphatic hydroxyl groups excluding tert-OH is 2. The predicted octanol–water partition coefficient (Wildman–Crippen LogP) is 4.66. The number of ether oxygens (including phenoxy) is 1. The summed E-state index contributed by atoms with van der Waals surface area (Å²) in [5.41, 5.74) is 3.52. The predicted molar refractivity (Wildman–Crippen MR) is 123 cm³/mol. The summed E-state index contributed by atoms with van der Waals surface area (Å²) in [5, 5.41) is 21.5. The van der Waals surface area contributed by atoms with Crippen molar-refractivity contribution in [3.05, 3.63) is 87.5 Å². The van der Waals surface area contributed by atoms with E-state index in [0.717, 1.165) is 35.3 Å².